The average molecular weight is 227 g/mol. The van der Waals surface area contributed by atoms with Crippen LogP contribution in [0.1, 0.15) is 11.1 Å². The summed E-state index contributed by atoms with van der Waals surface area (Å²) in [7, 11) is 0. The molecule has 0 bridgehead atoms. The maximum atomic E-state index is 8.45. The van der Waals surface area contributed by atoms with Crippen molar-refractivity contribution in [1.29, 1.82) is 0 Å². The van der Waals surface area contributed by atoms with E-state index in [1.165, 1.54) is 6.21 Å². The smallest absolute Gasteiger partial charge is 0.120 e. The minimum Gasteiger partial charge on any atom is -0.489 e. The highest BCUT2D eigenvalue weighted by Crippen LogP contribution is 2.14. The van der Waals surface area contributed by atoms with Crippen LogP contribution in [-0.2, 0) is 6.61 Å². The molecular formula is C14H13NO2. The van der Waals surface area contributed by atoms with Gasteiger partial charge in [0.05, 0.1) is 6.21 Å². The number of oxime groups is 1. The number of hydrogen-bond donors (Lipinski definition) is 1. The summed E-state index contributed by atoms with van der Waals surface area (Å²) in [4.78, 5) is 0. The van der Waals surface area contributed by atoms with Gasteiger partial charge in [0.2, 0.25) is 0 Å². The van der Waals surface area contributed by atoms with Crippen LogP contribution in [0.15, 0.2) is 59.8 Å². The van der Waals surface area contributed by atoms with Gasteiger partial charge in [-0.3, -0.25) is 0 Å². The van der Waals surface area contributed by atoms with Crippen LogP contribution in [0.4, 0.5) is 0 Å². The summed E-state index contributed by atoms with van der Waals surface area (Å²) in [5, 5.41) is 11.4. The summed E-state index contributed by atoms with van der Waals surface area (Å²) >= 11 is 0. The standard InChI is InChI=1S/C14H13NO2/c16-15-10-13-7-4-8-14(9-13)17-11-12-5-2-1-3-6-12/h1-10,16H,11H2/b15-10+. The van der Waals surface area contributed by atoms with E-state index in [2.05, 4.69) is 5.16 Å². The molecule has 3 heteroatoms. The summed E-state index contributed by atoms with van der Waals surface area (Å²) in [6.45, 7) is 0.528. The van der Waals surface area contributed by atoms with Crippen LogP contribution in [0.5, 0.6) is 5.75 Å². The lowest BCUT2D eigenvalue weighted by Crippen LogP contribution is -1.95. The molecule has 0 aliphatic carbocycles. The van der Waals surface area contributed by atoms with E-state index in [1.807, 2.05) is 54.6 Å². The van der Waals surface area contributed by atoms with E-state index < -0.39 is 0 Å². The monoisotopic (exact) mass is 227 g/mol. The topological polar surface area (TPSA) is 41.8 Å². The normalized spacial score (nSPS) is 10.6. The molecule has 86 valence electrons. The van der Waals surface area contributed by atoms with E-state index in [1.54, 1.807) is 0 Å². The molecule has 2 aromatic rings. The van der Waals surface area contributed by atoms with Crippen molar-refractivity contribution in [1.82, 2.24) is 0 Å². The lowest BCUT2D eigenvalue weighted by Gasteiger charge is -2.06. The fraction of sp³-hybridized carbons (Fsp3) is 0.0714. The summed E-state index contributed by atoms with van der Waals surface area (Å²) in [6.07, 6.45) is 1.37. The van der Waals surface area contributed by atoms with Gasteiger partial charge in [-0.2, -0.15) is 0 Å². The number of nitrogens with zero attached hydrogens (tertiary/aromatic N) is 1. The first kappa shape index (κ1) is 11.2. The Morgan fingerprint density at radius 1 is 1.06 bits per heavy atom. The summed E-state index contributed by atoms with van der Waals surface area (Å²) in [6, 6.07) is 17.4. The molecule has 0 aliphatic rings. The van der Waals surface area contributed by atoms with Gasteiger partial charge in [-0.05, 0) is 23.3 Å². The molecule has 0 saturated carbocycles. The highest BCUT2D eigenvalue weighted by atomic mass is 16.5. The third-order valence-electron chi connectivity index (χ3n) is 2.31. The molecule has 3 nitrogen and oxygen atoms in total. The Hall–Kier alpha value is -2.29. The molecule has 0 aliphatic heterocycles. The second-order valence-corrected chi connectivity index (χ2v) is 3.59. The van der Waals surface area contributed by atoms with Crippen molar-refractivity contribution in [3.8, 4) is 5.75 Å². The van der Waals surface area contributed by atoms with Crippen LogP contribution in [0.25, 0.3) is 0 Å². The molecule has 2 aromatic carbocycles. The maximum absolute atomic E-state index is 8.45. The van der Waals surface area contributed by atoms with E-state index in [-0.39, 0.29) is 0 Å². The van der Waals surface area contributed by atoms with Crippen molar-refractivity contribution in [2.45, 2.75) is 6.61 Å². The molecule has 0 spiro atoms. The first-order valence-electron chi connectivity index (χ1n) is 5.33. The Labute approximate surface area is 100.0 Å². The maximum Gasteiger partial charge on any atom is 0.120 e. The SMILES string of the molecule is O/N=C/c1cccc(OCc2ccccc2)c1. The van der Waals surface area contributed by atoms with Gasteiger partial charge in [-0.15, -0.1) is 0 Å². The predicted molar refractivity (Wildman–Crippen MR) is 66.6 cm³/mol. The average Bonchev–Trinajstić information content (AvgIpc) is 2.39. The first-order valence-corrected chi connectivity index (χ1v) is 5.33. The van der Waals surface area contributed by atoms with Gasteiger partial charge in [0.1, 0.15) is 12.4 Å². The van der Waals surface area contributed by atoms with Gasteiger partial charge in [-0.25, -0.2) is 0 Å². The summed E-state index contributed by atoms with van der Waals surface area (Å²) in [5.41, 5.74) is 1.92. The molecule has 0 amide bonds. The van der Waals surface area contributed by atoms with Gasteiger partial charge in [0, 0.05) is 0 Å². The minimum absolute atomic E-state index is 0.528. The van der Waals surface area contributed by atoms with E-state index in [4.69, 9.17) is 9.94 Å². The largest absolute Gasteiger partial charge is 0.489 e. The molecule has 0 unspecified atom stereocenters. The van der Waals surface area contributed by atoms with E-state index in [0.717, 1.165) is 16.9 Å². The van der Waals surface area contributed by atoms with Crippen LogP contribution in [0.2, 0.25) is 0 Å². The number of benzene rings is 2. The zero-order valence-corrected chi connectivity index (χ0v) is 9.28. The second kappa shape index (κ2) is 5.70. The van der Waals surface area contributed by atoms with Crippen LogP contribution < -0.4 is 4.74 Å². The molecule has 0 aromatic heterocycles. The van der Waals surface area contributed by atoms with Crippen molar-refractivity contribution < 1.29 is 9.94 Å². The molecular weight excluding hydrogens is 214 g/mol. The summed E-state index contributed by atoms with van der Waals surface area (Å²) < 4.78 is 5.64. The Morgan fingerprint density at radius 2 is 1.88 bits per heavy atom. The van der Waals surface area contributed by atoms with Crippen molar-refractivity contribution >= 4 is 6.21 Å². The Bertz CT molecular complexity index is 495. The molecule has 0 saturated heterocycles. The first-order chi connectivity index (χ1) is 8.38. The van der Waals surface area contributed by atoms with Crippen molar-refractivity contribution in [2.24, 2.45) is 5.16 Å². The van der Waals surface area contributed by atoms with Crippen molar-refractivity contribution in [3.05, 3.63) is 65.7 Å². The highest BCUT2D eigenvalue weighted by Gasteiger charge is 1.96. The van der Waals surface area contributed by atoms with Crippen LogP contribution >= 0.6 is 0 Å². The number of ether oxygens (including phenoxy) is 1. The van der Waals surface area contributed by atoms with Crippen LogP contribution in [0, 0.1) is 0 Å². The van der Waals surface area contributed by atoms with Gasteiger partial charge in [0.15, 0.2) is 0 Å². The minimum atomic E-state index is 0.528. The molecule has 0 fully saturated rings. The molecule has 17 heavy (non-hydrogen) atoms. The van der Waals surface area contributed by atoms with Crippen LogP contribution in [0.3, 0.4) is 0 Å². The van der Waals surface area contributed by atoms with E-state index >= 15 is 0 Å². The molecule has 2 rings (SSSR count). The Morgan fingerprint density at radius 3 is 2.65 bits per heavy atom. The fourth-order valence-electron chi connectivity index (χ4n) is 1.49. The van der Waals surface area contributed by atoms with Crippen molar-refractivity contribution in [2.75, 3.05) is 0 Å². The van der Waals surface area contributed by atoms with Gasteiger partial charge in [-0.1, -0.05) is 47.6 Å². The molecule has 0 atom stereocenters. The lowest BCUT2D eigenvalue weighted by molar-refractivity contribution is 0.306. The third kappa shape index (κ3) is 3.34. The Balaban J connectivity index is 2.02. The van der Waals surface area contributed by atoms with E-state index in [9.17, 15) is 0 Å². The fourth-order valence-corrected chi connectivity index (χ4v) is 1.49. The quantitative estimate of drug-likeness (QED) is 0.495. The van der Waals surface area contributed by atoms with Gasteiger partial charge in [0.25, 0.3) is 0 Å². The number of rotatable bonds is 4. The number of hydrogen-bond acceptors (Lipinski definition) is 3. The van der Waals surface area contributed by atoms with Crippen LogP contribution in [-0.4, -0.2) is 11.4 Å². The van der Waals surface area contributed by atoms with Gasteiger partial charge < -0.3 is 9.94 Å². The molecule has 0 heterocycles. The molecule has 1 N–H and O–H groups in total. The van der Waals surface area contributed by atoms with Gasteiger partial charge >= 0.3 is 0 Å². The predicted octanol–water partition coefficient (Wildman–Crippen LogP) is 3.07. The summed E-state index contributed by atoms with van der Waals surface area (Å²) in [5.74, 6) is 0.756. The lowest BCUT2D eigenvalue weighted by atomic mass is 10.2. The second-order valence-electron chi connectivity index (χ2n) is 3.59. The molecule has 0 radical (unpaired) electrons. The zero-order chi connectivity index (χ0) is 11.9. The highest BCUT2D eigenvalue weighted by molar-refractivity contribution is 5.79. The zero-order valence-electron chi connectivity index (χ0n) is 9.28. The Kier molecular flexibility index (Phi) is 3.76. The van der Waals surface area contributed by atoms with Crippen molar-refractivity contribution in [3.63, 3.8) is 0 Å². The van der Waals surface area contributed by atoms with E-state index in [0.29, 0.717) is 6.61 Å². The third-order valence-corrected chi connectivity index (χ3v) is 2.31.